The van der Waals surface area contributed by atoms with Crippen LogP contribution in [0.25, 0.3) is 11.3 Å². The predicted octanol–water partition coefficient (Wildman–Crippen LogP) is 2.86. The molecular weight excluding hydrogens is 327 g/mol. The monoisotopic (exact) mass is 338 g/mol. The van der Waals surface area contributed by atoms with Crippen LogP contribution in [0.15, 0.2) is 28.7 Å². The van der Waals surface area contributed by atoms with E-state index in [1.807, 2.05) is 4.68 Å². The van der Waals surface area contributed by atoms with Gasteiger partial charge in [0.2, 0.25) is 5.88 Å². The van der Waals surface area contributed by atoms with Gasteiger partial charge in [0.25, 0.3) is 0 Å². The van der Waals surface area contributed by atoms with Gasteiger partial charge in [-0.2, -0.15) is 5.10 Å². The van der Waals surface area contributed by atoms with Gasteiger partial charge in [0.1, 0.15) is 22.6 Å². The Kier molecular flexibility index (Phi) is 2.65. The Labute approximate surface area is 123 Å². The Balaban J connectivity index is 1.74. The zero-order valence-corrected chi connectivity index (χ0v) is 12.2. The maximum Gasteiger partial charge on any atom is 0.227 e. The van der Waals surface area contributed by atoms with Crippen LogP contribution in [0.1, 0.15) is 0 Å². The van der Waals surface area contributed by atoms with Crippen LogP contribution < -0.4 is 4.74 Å². The van der Waals surface area contributed by atoms with E-state index in [2.05, 4.69) is 21.0 Å². The van der Waals surface area contributed by atoms with Gasteiger partial charge in [0.15, 0.2) is 0 Å². The molecule has 1 aromatic carbocycles. The highest BCUT2D eigenvalue weighted by Crippen LogP contribution is 2.42. The smallest absolute Gasteiger partial charge is 0.227 e. The van der Waals surface area contributed by atoms with Crippen molar-refractivity contribution >= 4 is 15.9 Å². The third-order valence-corrected chi connectivity index (χ3v) is 4.50. The van der Waals surface area contributed by atoms with Crippen molar-refractivity contribution in [2.24, 2.45) is 5.41 Å². The van der Waals surface area contributed by atoms with Crippen molar-refractivity contribution < 1.29 is 13.9 Å². The van der Waals surface area contributed by atoms with Crippen LogP contribution in [0, 0.1) is 11.2 Å². The number of hydrogen-bond acceptors (Lipinski definition) is 3. The molecular formula is C14H12BrFN2O2. The average Bonchev–Trinajstić information content (AvgIpc) is 2.75. The molecule has 1 spiro atoms. The van der Waals surface area contributed by atoms with E-state index < -0.39 is 0 Å². The van der Waals surface area contributed by atoms with Crippen LogP contribution >= 0.6 is 15.9 Å². The molecule has 1 fully saturated rings. The standard InChI is InChI=1S/C14H12BrFN2O2/c15-11-12(9-1-3-10(16)4-2-9)17-18-5-14(6-19-7-14)8-20-13(11)18/h1-4H,5-8H2. The lowest BCUT2D eigenvalue weighted by atomic mass is 9.86. The van der Waals surface area contributed by atoms with E-state index in [-0.39, 0.29) is 11.2 Å². The molecule has 0 amide bonds. The molecule has 3 heterocycles. The largest absolute Gasteiger partial charge is 0.476 e. The number of fused-ring (bicyclic) bond motifs is 1. The van der Waals surface area contributed by atoms with Crippen molar-refractivity contribution in [3.8, 4) is 17.1 Å². The van der Waals surface area contributed by atoms with Gasteiger partial charge in [-0.1, -0.05) is 0 Å². The highest BCUT2D eigenvalue weighted by Gasteiger charge is 2.44. The number of halogens is 2. The normalized spacial score (nSPS) is 19.3. The highest BCUT2D eigenvalue weighted by molar-refractivity contribution is 9.10. The third kappa shape index (κ3) is 1.78. The second-order valence-corrected chi connectivity index (χ2v) is 6.21. The predicted molar refractivity (Wildman–Crippen MR) is 74.1 cm³/mol. The summed E-state index contributed by atoms with van der Waals surface area (Å²) < 4.78 is 26.8. The second-order valence-electron chi connectivity index (χ2n) is 5.41. The van der Waals surface area contributed by atoms with Crippen molar-refractivity contribution in [3.63, 3.8) is 0 Å². The van der Waals surface area contributed by atoms with E-state index in [9.17, 15) is 4.39 Å². The van der Waals surface area contributed by atoms with Gasteiger partial charge in [-0.3, -0.25) is 0 Å². The number of hydrogen-bond donors (Lipinski definition) is 0. The fraction of sp³-hybridized carbons (Fsp3) is 0.357. The third-order valence-electron chi connectivity index (χ3n) is 3.79. The zero-order valence-electron chi connectivity index (χ0n) is 10.6. The van der Waals surface area contributed by atoms with Crippen molar-refractivity contribution in [1.29, 1.82) is 0 Å². The van der Waals surface area contributed by atoms with Crippen LogP contribution in [0.4, 0.5) is 4.39 Å². The zero-order chi connectivity index (χ0) is 13.7. The fourth-order valence-corrected chi connectivity index (χ4v) is 3.24. The second kappa shape index (κ2) is 4.30. The molecule has 2 aromatic rings. The van der Waals surface area contributed by atoms with Gasteiger partial charge in [-0.05, 0) is 40.2 Å². The summed E-state index contributed by atoms with van der Waals surface area (Å²) in [5.41, 5.74) is 1.71. The molecule has 4 nitrogen and oxygen atoms in total. The first-order valence-corrected chi connectivity index (χ1v) is 7.19. The molecule has 0 radical (unpaired) electrons. The van der Waals surface area contributed by atoms with E-state index in [4.69, 9.17) is 9.47 Å². The molecule has 6 heteroatoms. The molecule has 0 bridgehead atoms. The van der Waals surface area contributed by atoms with Gasteiger partial charge < -0.3 is 9.47 Å². The van der Waals surface area contributed by atoms with Crippen LogP contribution in [0.5, 0.6) is 5.88 Å². The van der Waals surface area contributed by atoms with Gasteiger partial charge in [0.05, 0.1) is 25.2 Å². The summed E-state index contributed by atoms with van der Waals surface area (Å²) >= 11 is 3.54. The number of nitrogens with zero attached hydrogens (tertiary/aromatic N) is 2. The highest BCUT2D eigenvalue weighted by atomic mass is 79.9. The lowest BCUT2D eigenvalue weighted by molar-refractivity contribution is -0.154. The van der Waals surface area contributed by atoms with E-state index in [0.717, 1.165) is 41.4 Å². The van der Waals surface area contributed by atoms with Crippen molar-refractivity contribution in [3.05, 3.63) is 34.6 Å². The molecule has 0 N–H and O–H groups in total. The Hall–Kier alpha value is -1.40. The molecule has 2 aliphatic rings. The molecule has 1 saturated heterocycles. The molecule has 104 valence electrons. The number of rotatable bonds is 1. The van der Waals surface area contributed by atoms with Gasteiger partial charge in [-0.15, -0.1) is 0 Å². The van der Waals surface area contributed by atoms with Crippen molar-refractivity contribution in [2.75, 3.05) is 19.8 Å². The molecule has 2 aliphatic heterocycles. The summed E-state index contributed by atoms with van der Waals surface area (Å²) in [6, 6.07) is 6.30. The average molecular weight is 339 g/mol. The summed E-state index contributed by atoms with van der Waals surface area (Å²) in [6.07, 6.45) is 0. The van der Waals surface area contributed by atoms with Gasteiger partial charge >= 0.3 is 0 Å². The van der Waals surface area contributed by atoms with E-state index in [1.165, 1.54) is 12.1 Å². The topological polar surface area (TPSA) is 36.3 Å². The molecule has 4 rings (SSSR count). The first kappa shape index (κ1) is 12.3. The SMILES string of the molecule is Fc1ccc(-c2nn3c(c2Br)OCC2(COC2)C3)cc1. The van der Waals surface area contributed by atoms with Gasteiger partial charge in [-0.25, -0.2) is 9.07 Å². The Morgan fingerprint density at radius 1 is 1.20 bits per heavy atom. The molecule has 20 heavy (non-hydrogen) atoms. The number of benzene rings is 1. The number of aromatic nitrogens is 2. The first-order chi connectivity index (χ1) is 9.67. The van der Waals surface area contributed by atoms with Gasteiger partial charge in [0, 0.05) is 5.56 Å². The van der Waals surface area contributed by atoms with E-state index >= 15 is 0 Å². The van der Waals surface area contributed by atoms with Crippen molar-refractivity contribution in [1.82, 2.24) is 9.78 Å². The van der Waals surface area contributed by atoms with E-state index in [1.54, 1.807) is 12.1 Å². The summed E-state index contributed by atoms with van der Waals surface area (Å²) in [7, 11) is 0. The maximum atomic E-state index is 13.0. The molecule has 0 saturated carbocycles. The molecule has 0 aliphatic carbocycles. The summed E-state index contributed by atoms with van der Waals surface area (Å²) in [4.78, 5) is 0. The summed E-state index contributed by atoms with van der Waals surface area (Å²) in [5, 5.41) is 4.59. The Morgan fingerprint density at radius 2 is 1.95 bits per heavy atom. The first-order valence-electron chi connectivity index (χ1n) is 6.40. The molecule has 0 atom stereocenters. The summed E-state index contributed by atoms with van der Waals surface area (Å²) in [6.45, 7) is 2.88. The minimum absolute atomic E-state index is 0.0680. The van der Waals surface area contributed by atoms with Crippen LogP contribution in [0.3, 0.4) is 0 Å². The van der Waals surface area contributed by atoms with Crippen molar-refractivity contribution in [2.45, 2.75) is 6.54 Å². The fourth-order valence-electron chi connectivity index (χ4n) is 2.61. The number of ether oxygens (including phenoxy) is 2. The Bertz CT molecular complexity index is 665. The molecule has 1 aromatic heterocycles. The Morgan fingerprint density at radius 3 is 2.60 bits per heavy atom. The lowest BCUT2D eigenvalue weighted by Crippen LogP contribution is -2.52. The minimum Gasteiger partial charge on any atom is -0.476 e. The lowest BCUT2D eigenvalue weighted by Gasteiger charge is -2.43. The minimum atomic E-state index is -0.254. The van der Waals surface area contributed by atoms with E-state index in [0.29, 0.717) is 6.61 Å². The quantitative estimate of drug-likeness (QED) is 0.802. The molecule has 0 unspecified atom stereocenters. The van der Waals surface area contributed by atoms with Crippen LogP contribution in [-0.2, 0) is 11.3 Å². The van der Waals surface area contributed by atoms with Crippen LogP contribution in [0.2, 0.25) is 0 Å². The summed E-state index contributed by atoms with van der Waals surface area (Å²) in [5.74, 6) is 0.484. The maximum absolute atomic E-state index is 13.0. The van der Waals surface area contributed by atoms with Crippen LogP contribution in [-0.4, -0.2) is 29.6 Å².